The summed E-state index contributed by atoms with van der Waals surface area (Å²) >= 11 is 1.97. The van der Waals surface area contributed by atoms with Crippen LogP contribution in [0.1, 0.15) is 43.0 Å². The molecule has 5 heteroatoms. The fourth-order valence-corrected chi connectivity index (χ4v) is 6.35. The number of benzene rings is 2. The molecule has 2 N–H and O–H groups in total. The first-order chi connectivity index (χ1) is 15.6. The molecule has 1 aliphatic rings. The molecule has 4 nitrogen and oxygen atoms in total. The second-order valence-electron chi connectivity index (χ2n) is 9.06. The molecule has 5 rings (SSSR count). The number of ether oxygens (including phenoxy) is 1. The Labute approximate surface area is 193 Å². The Bertz CT molecular complexity index is 1200. The van der Waals surface area contributed by atoms with Crippen molar-refractivity contribution in [2.45, 2.75) is 51.2 Å². The summed E-state index contributed by atoms with van der Waals surface area (Å²) in [7, 11) is 0. The SMILES string of the molecule is CCc1cccc2sc([C@H]3CCN(C[C@H](O)COc4cccc5[nH]ccc45)[C@H](C)C3)cc12. The average Bonchev–Trinajstić information content (AvgIpc) is 3.46. The number of H-pyrrole nitrogens is 1. The Kier molecular flexibility index (Phi) is 6.22. The number of aliphatic hydroxyl groups is 1. The minimum Gasteiger partial charge on any atom is -0.490 e. The molecule has 4 aromatic rings. The van der Waals surface area contributed by atoms with Crippen LogP contribution in [-0.4, -0.2) is 46.8 Å². The highest BCUT2D eigenvalue weighted by molar-refractivity contribution is 7.19. The van der Waals surface area contributed by atoms with Crippen molar-refractivity contribution in [3.05, 3.63) is 65.2 Å². The maximum atomic E-state index is 10.7. The van der Waals surface area contributed by atoms with E-state index in [2.05, 4.69) is 48.0 Å². The Morgan fingerprint density at radius 3 is 2.91 bits per heavy atom. The number of β-amino-alcohol motifs (C(OH)–C–C–N with tert-alkyl or cyclic N) is 1. The van der Waals surface area contributed by atoms with Crippen LogP contribution in [0.2, 0.25) is 0 Å². The molecule has 2 aromatic carbocycles. The van der Waals surface area contributed by atoms with Gasteiger partial charge in [-0.15, -0.1) is 11.3 Å². The lowest BCUT2D eigenvalue weighted by Crippen LogP contribution is -2.45. The largest absolute Gasteiger partial charge is 0.490 e. The minimum atomic E-state index is -0.500. The van der Waals surface area contributed by atoms with Gasteiger partial charge in [0.25, 0.3) is 0 Å². The van der Waals surface area contributed by atoms with Crippen molar-refractivity contribution in [1.82, 2.24) is 9.88 Å². The fraction of sp³-hybridized carbons (Fsp3) is 0.407. The number of aromatic amines is 1. The van der Waals surface area contributed by atoms with Crippen molar-refractivity contribution in [2.75, 3.05) is 19.7 Å². The van der Waals surface area contributed by atoms with Crippen molar-refractivity contribution in [2.24, 2.45) is 0 Å². The number of thiophene rings is 1. The van der Waals surface area contributed by atoms with Crippen LogP contribution in [0.5, 0.6) is 5.75 Å². The smallest absolute Gasteiger partial charge is 0.128 e. The molecule has 0 aliphatic carbocycles. The van der Waals surface area contributed by atoms with Gasteiger partial charge in [-0.1, -0.05) is 25.1 Å². The highest BCUT2D eigenvalue weighted by atomic mass is 32.1. The Morgan fingerprint density at radius 2 is 2.06 bits per heavy atom. The molecule has 32 heavy (non-hydrogen) atoms. The van der Waals surface area contributed by atoms with Crippen molar-refractivity contribution in [3.8, 4) is 5.75 Å². The van der Waals surface area contributed by atoms with E-state index in [9.17, 15) is 5.11 Å². The molecule has 168 valence electrons. The zero-order chi connectivity index (χ0) is 22.1. The summed E-state index contributed by atoms with van der Waals surface area (Å²) in [5, 5.41) is 13.2. The molecule has 0 amide bonds. The molecule has 0 saturated carbocycles. The quantitative estimate of drug-likeness (QED) is 0.367. The number of aromatic nitrogens is 1. The number of hydrogen-bond acceptors (Lipinski definition) is 4. The number of likely N-dealkylation sites (tertiary alicyclic amines) is 1. The van der Waals surface area contributed by atoms with Crippen LogP contribution in [0.25, 0.3) is 21.0 Å². The van der Waals surface area contributed by atoms with Gasteiger partial charge < -0.3 is 14.8 Å². The first kappa shape index (κ1) is 21.5. The molecule has 1 fully saturated rings. The minimum absolute atomic E-state index is 0.313. The van der Waals surface area contributed by atoms with E-state index in [4.69, 9.17) is 4.74 Å². The number of nitrogens with zero attached hydrogens (tertiary/aromatic N) is 1. The van der Waals surface area contributed by atoms with Gasteiger partial charge in [-0.25, -0.2) is 0 Å². The van der Waals surface area contributed by atoms with E-state index < -0.39 is 6.10 Å². The van der Waals surface area contributed by atoms with Crippen LogP contribution in [0.15, 0.2) is 54.7 Å². The van der Waals surface area contributed by atoms with Crippen LogP contribution in [-0.2, 0) is 6.42 Å². The maximum absolute atomic E-state index is 10.7. The lowest BCUT2D eigenvalue weighted by Gasteiger charge is -2.38. The van der Waals surface area contributed by atoms with Crippen molar-refractivity contribution in [1.29, 1.82) is 0 Å². The number of rotatable bonds is 7. The van der Waals surface area contributed by atoms with Gasteiger partial charge in [0.2, 0.25) is 0 Å². The number of nitrogens with one attached hydrogen (secondary N) is 1. The van der Waals surface area contributed by atoms with Crippen LogP contribution in [0.3, 0.4) is 0 Å². The van der Waals surface area contributed by atoms with Gasteiger partial charge in [-0.3, -0.25) is 4.90 Å². The zero-order valence-corrected chi connectivity index (χ0v) is 19.7. The summed E-state index contributed by atoms with van der Waals surface area (Å²) in [6, 6.07) is 17.6. The summed E-state index contributed by atoms with van der Waals surface area (Å²) in [4.78, 5) is 7.15. The topological polar surface area (TPSA) is 48.5 Å². The van der Waals surface area contributed by atoms with E-state index in [0.29, 0.717) is 25.1 Å². The predicted molar refractivity (Wildman–Crippen MR) is 134 cm³/mol. The van der Waals surface area contributed by atoms with Crippen LogP contribution in [0, 0.1) is 0 Å². The van der Waals surface area contributed by atoms with Gasteiger partial charge in [-0.05, 0) is 79.9 Å². The normalized spacial score (nSPS) is 20.7. The van der Waals surface area contributed by atoms with Gasteiger partial charge in [0.05, 0.1) is 0 Å². The molecular weight excluding hydrogens is 416 g/mol. The Balaban J connectivity index is 1.18. The van der Waals surface area contributed by atoms with E-state index in [0.717, 1.165) is 42.5 Å². The van der Waals surface area contributed by atoms with Gasteiger partial charge in [-0.2, -0.15) is 0 Å². The lowest BCUT2D eigenvalue weighted by molar-refractivity contribution is 0.0408. The first-order valence-corrected chi connectivity index (χ1v) is 12.6. The highest BCUT2D eigenvalue weighted by Crippen LogP contribution is 2.39. The molecule has 3 heterocycles. The summed E-state index contributed by atoms with van der Waals surface area (Å²) in [5.74, 6) is 1.44. The van der Waals surface area contributed by atoms with Crippen LogP contribution < -0.4 is 4.74 Å². The molecule has 1 aliphatic heterocycles. The summed E-state index contributed by atoms with van der Waals surface area (Å²) < 4.78 is 7.38. The fourth-order valence-electron chi connectivity index (χ4n) is 5.09. The van der Waals surface area contributed by atoms with Gasteiger partial charge in [0, 0.05) is 39.3 Å². The predicted octanol–water partition coefficient (Wildman–Crippen LogP) is 5.95. The number of aliphatic hydroxyl groups excluding tert-OH is 1. The van der Waals surface area contributed by atoms with Gasteiger partial charge in [0.1, 0.15) is 18.5 Å². The summed E-state index contributed by atoms with van der Waals surface area (Å²) in [5.41, 5.74) is 2.51. The molecule has 2 aromatic heterocycles. The van der Waals surface area contributed by atoms with Gasteiger partial charge in [0.15, 0.2) is 0 Å². The zero-order valence-electron chi connectivity index (χ0n) is 18.9. The van der Waals surface area contributed by atoms with E-state index in [1.54, 1.807) is 0 Å². The number of piperidine rings is 1. The molecule has 0 bridgehead atoms. The number of hydrogen-bond donors (Lipinski definition) is 2. The molecule has 0 spiro atoms. The van der Waals surface area contributed by atoms with E-state index in [1.807, 2.05) is 41.8 Å². The molecule has 1 saturated heterocycles. The van der Waals surface area contributed by atoms with Crippen LogP contribution in [0.4, 0.5) is 0 Å². The van der Waals surface area contributed by atoms with E-state index >= 15 is 0 Å². The molecule has 0 radical (unpaired) electrons. The monoisotopic (exact) mass is 448 g/mol. The standard InChI is InChI=1S/C27H32N2O2S/c1-3-19-6-4-9-26-23(19)15-27(32-26)20-11-13-29(18(2)14-20)16-21(30)17-31-25-8-5-7-24-22(25)10-12-28-24/h4-10,12,15,18,20-21,28,30H,3,11,13-14,16-17H2,1-2H3/t18-,20+,21+/m1/s1. The lowest BCUT2D eigenvalue weighted by atomic mass is 9.89. The third-order valence-electron chi connectivity index (χ3n) is 6.90. The van der Waals surface area contributed by atoms with E-state index in [-0.39, 0.29) is 0 Å². The Morgan fingerprint density at radius 1 is 1.19 bits per heavy atom. The van der Waals surface area contributed by atoms with E-state index in [1.165, 1.54) is 20.5 Å². The average molecular weight is 449 g/mol. The molecular formula is C27H32N2O2S. The number of fused-ring (bicyclic) bond motifs is 2. The van der Waals surface area contributed by atoms with Crippen molar-refractivity contribution in [3.63, 3.8) is 0 Å². The second-order valence-corrected chi connectivity index (χ2v) is 10.2. The second kappa shape index (κ2) is 9.26. The van der Waals surface area contributed by atoms with Crippen LogP contribution >= 0.6 is 11.3 Å². The Hall–Kier alpha value is -2.34. The molecule has 0 unspecified atom stereocenters. The third-order valence-corrected chi connectivity index (χ3v) is 8.16. The summed E-state index contributed by atoms with van der Waals surface area (Å²) in [6.45, 7) is 6.52. The van der Waals surface area contributed by atoms with Crippen molar-refractivity contribution < 1.29 is 9.84 Å². The third kappa shape index (κ3) is 4.29. The summed E-state index contributed by atoms with van der Waals surface area (Å²) in [6.07, 6.45) is 4.79. The highest BCUT2D eigenvalue weighted by Gasteiger charge is 2.29. The molecule has 3 atom stereocenters. The van der Waals surface area contributed by atoms with Crippen molar-refractivity contribution >= 4 is 32.3 Å². The van der Waals surface area contributed by atoms with Gasteiger partial charge >= 0.3 is 0 Å². The number of aryl methyl sites for hydroxylation is 1. The first-order valence-electron chi connectivity index (χ1n) is 11.7. The maximum Gasteiger partial charge on any atom is 0.128 e.